The number of nitrogens with one attached hydrogen (secondary N) is 1. The van der Waals surface area contributed by atoms with E-state index in [1.807, 2.05) is 25.1 Å². The molecule has 1 fully saturated rings. The number of hydrogen-bond acceptors (Lipinski definition) is 5. The van der Waals surface area contributed by atoms with Crippen LogP contribution in [0.2, 0.25) is 0 Å². The number of hydrogen-bond donors (Lipinski definition) is 2. The summed E-state index contributed by atoms with van der Waals surface area (Å²) in [6.45, 7) is 12.1. The van der Waals surface area contributed by atoms with E-state index < -0.39 is 0 Å². The van der Waals surface area contributed by atoms with E-state index in [1.165, 1.54) is 11.1 Å². The number of ether oxygens (including phenoxy) is 1. The number of nitrogens with zero attached hydrogens (tertiary/aromatic N) is 2. The number of amides is 1. The molecule has 2 aromatic rings. The summed E-state index contributed by atoms with van der Waals surface area (Å²) >= 11 is 0. The van der Waals surface area contributed by atoms with Crippen LogP contribution in [0.5, 0.6) is 11.5 Å². The molecular formula is C26H37Cl2N3O3. The summed E-state index contributed by atoms with van der Waals surface area (Å²) in [4.78, 5) is 17.6. The molecular weight excluding hydrogens is 473 g/mol. The van der Waals surface area contributed by atoms with E-state index in [4.69, 9.17) is 4.74 Å². The van der Waals surface area contributed by atoms with Crippen LogP contribution in [-0.2, 0) is 11.2 Å². The van der Waals surface area contributed by atoms with Gasteiger partial charge in [0.15, 0.2) is 0 Å². The number of anilines is 1. The van der Waals surface area contributed by atoms with E-state index in [9.17, 15) is 9.90 Å². The molecule has 8 heteroatoms. The van der Waals surface area contributed by atoms with Gasteiger partial charge in [-0.05, 0) is 54.5 Å². The van der Waals surface area contributed by atoms with Gasteiger partial charge >= 0.3 is 0 Å². The van der Waals surface area contributed by atoms with Crippen LogP contribution in [0, 0.1) is 19.3 Å². The van der Waals surface area contributed by atoms with E-state index in [2.05, 4.69) is 48.0 Å². The van der Waals surface area contributed by atoms with Crippen molar-refractivity contribution in [1.29, 1.82) is 0 Å². The van der Waals surface area contributed by atoms with Crippen LogP contribution < -0.4 is 15.0 Å². The number of phenolic OH excluding ortho intramolecular Hbond substituents is 1. The number of aryl methyl sites for hydroxylation is 2. The average molecular weight is 511 g/mol. The Labute approximate surface area is 215 Å². The molecule has 0 aromatic heterocycles. The largest absolute Gasteiger partial charge is 0.507 e. The second-order valence-electron chi connectivity index (χ2n) is 9.88. The summed E-state index contributed by atoms with van der Waals surface area (Å²) in [7, 11) is 1.68. The van der Waals surface area contributed by atoms with Crippen LogP contribution >= 0.6 is 24.8 Å². The number of piperazine rings is 1. The van der Waals surface area contributed by atoms with Gasteiger partial charge in [0.25, 0.3) is 0 Å². The number of carbonyl (C=O) groups is 1. The Morgan fingerprint density at radius 2 is 1.79 bits per heavy atom. The Morgan fingerprint density at radius 1 is 1.12 bits per heavy atom. The standard InChI is InChI=1S/C26H35N3O3.2ClH/c1-17-13-18(2)24(31)23-21(17)15-26(3,4)25(23)27-22(30)16-28-9-11-29(12-10-28)19-7-6-8-20(14-19)32-5;;/h6-8,13-14,25,31H,9-12,15-16H2,1-5H3,(H,27,30);2*1H. The maximum absolute atomic E-state index is 13.0. The third-order valence-electron chi connectivity index (χ3n) is 7.03. The summed E-state index contributed by atoms with van der Waals surface area (Å²) < 4.78 is 5.34. The molecule has 1 aliphatic heterocycles. The summed E-state index contributed by atoms with van der Waals surface area (Å²) in [6.07, 6.45) is 0.853. The van der Waals surface area contributed by atoms with E-state index >= 15 is 0 Å². The molecule has 2 aromatic carbocycles. The highest BCUT2D eigenvalue weighted by molar-refractivity contribution is 5.85. The van der Waals surface area contributed by atoms with Gasteiger partial charge in [0, 0.05) is 43.5 Å². The van der Waals surface area contributed by atoms with Crippen molar-refractivity contribution in [2.45, 2.75) is 40.2 Å². The molecule has 1 unspecified atom stereocenters. The lowest BCUT2D eigenvalue weighted by molar-refractivity contribution is -0.123. The fraction of sp³-hybridized carbons (Fsp3) is 0.500. The molecule has 0 spiro atoms. The number of carbonyl (C=O) groups excluding carboxylic acids is 1. The Balaban J connectivity index is 0.00000204. The van der Waals surface area contributed by atoms with Gasteiger partial charge in [-0.2, -0.15) is 0 Å². The highest BCUT2D eigenvalue weighted by Gasteiger charge is 2.43. The van der Waals surface area contributed by atoms with Gasteiger partial charge in [-0.3, -0.25) is 9.69 Å². The number of fused-ring (bicyclic) bond motifs is 1. The Hall–Kier alpha value is -2.15. The molecule has 34 heavy (non-hydrogen) atoms. The van der Waals surface area contributed by atoms with Crippen molar-refractivity contribution in [2.75, 3.05) is 44.7 Å². The van der Waals surface area contributed by atoms with Gasteiger partial charge in [0.2, 0.25) is 5.91 Å². The van der Waals surface area contributed by atoms with Crippen LogP contribution in [0.3, 0.4) is 0 Å². The Bertz CT molecular complexity index is 1020. The summed E-state index contributed by atoms with van der Waals surface area (Å²) in [5.41, 5.74) is 5.15. The molecule has 2 aliphatic rings. The quantitative estimate of drug-likeness (QED) is 0.624. The van der Waals surface area contributed by atoms with Crippen molar-refractivity contribution in [3.05, 3.63) is 52.6 Å². The van der Waals surface area contributed by atoms with Crippen molar-refractivity contribution in [1.82, 2.24) is 10.2 Å². The zero-order valence-electron chi connectivity index (χ0n) is 20.7. The zero-order chi connectivity index (χ0) is 23.0. The topological polar surface area (TPSA) is 65.0 Å². The van der Waals surface area contributed by atoms with E-state index in [1.54, 1.807) is 7.11 Å². The minimum atomic E-state index is -0.179. The number of aromatic hydroxyl groups is 1. The smallest absolute Gasteiger partial charge is 0.234 e. The first kappa shape index (κ1) is 28.1. The molecule has 4 rings (SSSR count). The molecule has 188 valence electrons. The first-order valence-corrected chi connectivity index (χ1v) is 11.4. The van der Waals surface area contributed by atoms with Crippen molar-refractivity contribution in [2.24, 2.45) is 5.41 Å². The fourth-order valence-corrected chi connectivity index (χ4v) is 5.19. The monoisotopic (exact) mass is 509 g/mol. The number of halogens is 2. The third kappa shape index (κ3) is 5.56. The van der Waals surface area contributed by atoms with Crippen LogP contribution in [0.1, 0.15) is 42.1 Å². The van der Waals surface area contributed by atoms with Gasteiger partial charge in [-0.1, -0.05) is 26.0 Å². The maximum atomic E-state index is 13.0. The maximum Gasteiger partial charge on any atom is 0.234 e. The molecule has 0 bridgehead atoms. The summed E-state index contributed by atoms with van der Waals surface area (Å²) in [5, 5.41) is 14.0. The van der Waals surface area contributed by atoms with Gasteiger partial charge in [-0.15, -0.1) is 24.8 Å². The lowest BCUT2D eigenvalue weighted by Crippen LogP contribution is -2.50. The highest BCUT2D eigenvalue weighted by Crippen LogP contribution is 2.50. The van der Waals surface area contributed by atoms with Crippen LogP contribution in [0.4, 0.5) is 5.69 Å². The summed E-state index contributed by atoms with van der Waals surface area (Å²) in [6, 6.07) is 9.97. The second kappa shape index (κ2) is 11.1. The number of methoxy groups -OCH3 is 1. The molecule has 1 amide bonds. The number of rotatable bonds is 5. The van der Waals surface area contributed by atoms with Gasteiger partial charge < -0.3 is 20.1 Å². The minimum Gasteiger partial charge on any atom is -0.507 e. The Morgan fingerprint density at radius 3 is 2.44 bits per heavy atom. The first-order valence-electron chi connectivity index (χ1n) is 11.4. The van der Waals surface area contributed by atoms with Gasteiger partial charge in [0.05, 0.1) is 19.7 Å². The lowest BCUT2D eigenvalue weighted by Gasteiger charge is -2.36. The molecule has 1 saturated heterocycles. The van der Waals surface area contributed by atoms with E-state index in [0.29, 0.717) is 12.3 Å². The highest BCUT2D eigenvalue weighted by atomic mass is 35.5. The number of benzene rings is 2. The van der Waals surface area contributed by atoms with Crippen molar-refractivity contribution in [3.8, 4) is 11.5 Å². The predicted molar refractivity (Wildman–Crippen MR) is 142 cm³/mol. The zero-order valence-corrected chi connectivity index (χ0v) is 22.3. The third-order valence-corrected chi connectivity index (χ3v) is 7.03. The number of phenols is 1. The van der Waals surface area contributed by atoms with Gasteiger partial charge in [-0.25, -0.2) is 0 Å². The molecule has 0 saturated carbocycles. The van der Waals surface area contributed by atoms with Crippen LogP contribution in [0.25, 0.3) is 0 Å². The molecule has 1 atom stereocenters. The first-order chi connectivity index (χ1) is 15.2. The Kier molecular flexibility index (Phi) is 9.14. The molecule has 0 radical (unpaired) electrons. The average Bonchev–Trinajstić information content (AvgIpc) is 3.03. The molecule has 1 heterocycles. The van der Waals surface area contributed by atoms with Crippen molar-refractivity contribution < 1.29 is 14.6 Å². The SMILES string of the molecule is COc1cccc(N2CCN(CC(=O)NC3c4c(O)c(C)cc(C)c4CC3(C)C)CC2)c1.Cl.Cl. The van der Waals surface area contributed by atoms with Crippen LogP contribution in [-0.4, -0.2) is 55.7 Å². The fourth-order valence-electron chi connectivity index (χ4n) is 5.19. The van der Waals surface area contributed by atoms with E-state index in [-0.39, 0.29) is 42.2 Å². The predicted octanol–water partition coefficient (Wildman–Crippen LogP) is 4.42. The molecule has 6 nitrogen and oxygen atoms in total. The molecule has 1 aliphatic carbocycles. The van der Waals surface area contributed by atoms with Crippen LogP contribution in [0.15, 0.2) is 30.3 Å². The normalized spacial score (nSPS) is 19.0. The van der Waals surface area contributed by atoms with Crippen molar-refractivity contribution >= 4 is 36.4 Å². The summed E-state index contributed by atoms with van der Waals surface area (Å²) in [5.74, 6) is 1.20. The lowest BCUT2D eigenvalue weighted by atomic mass is 9.85. The minimum absolute atomic E-state index is 0. The molecule has 2 N–H and O–H groups in total. The van der Waals surface area contributed by atoms with E-state index in [0.717, 1.165) is 55.2 Å². The van der Waals surface area contributed by atoms with Crippen molar-refractivity contribution in [3.63, 3.8) is 0 Å². The van der Waals surface area contributed by atoms with Gasteiger partial charge in [0.1, 0.15) is 11.5 Å². The second-order valence-corrected chi connectivity index (χ2v) is 9.88.